The average Bonchev–Trinajstić information content (AvgIpc) is 2.50. The second-order valence-corrected chi connectivity index (χ2v) is 5.05. The lowest BCUT2D eigenvalue weighted by Crippen LogP contribution is -2.45. The molecule has 0 aromatic heterocycles. The quantitative estimate of drug-likeness (QED) is 0.594. The van der Waals surface area contributed by atoms with E-state index in [0.29, 0.717) is 32.9 Å². The summed E-state index contributed by atoms with van der Waals surface area (Å²) in [6.45, 7) is 3.26. The molecule has 0 spiro atoms. The number of esters is 1. The van der Waals surface area contributed by atoms with Crippen LogP contribution in [0.4, 0.5) is 0 Å². The second kappa shape index (κ2) is 10.5. The summed E-state index contributed by atoms with van der Waals surface area (Å²) in [5, 5.41) is 3.01. The first kappa shape index (κ1) is 17.9. The van der Waals surface area contributed by atoms with Crippen molar-refractivity contribution in [2.24, 2.45) is 0 Å². The van der Waals surface area contributed by atoms with E-state index < -0.39 is 0 Å². The van der Waals surface area contributed by atoms with Crippen LogP contribution in [0.2, 0.25) is 0 Å². The minimum atomic E-state index is -0.276. The number of hydrogen-bond acceptors (Lipinski definition) is 6. The Morgan fingerprint density at radius 2 is 1.95 bits per heavy atom. The number of ether oxygens (including phenoxy) is 3. The molecule has 1 rings (SSSR count). The van der Waals surface area contributed by atoms with Gasteiger partial charge in [-0.2, -0.15) is 0 Å². The number of methoxy groups -OCH3 is 2. The zero-order chi connectivity index (χ0) is 15.5. The average molecular weight is 302 g/mol. The normalized spacial score (nSPS) is 16.0. The molecule has 21 heavy (non-hydrogen) atoms. The van der Waals surface area contributed by atoms with Gasteiger partial charge in [-0.15, -0.1) is 0 Å². The van der Waals surface area contributed by atoms with Gasteiger partial charge in [0, 0.05) is 39.5 Å². The number of nitrogens with one attached hydrogen (secondary N) is 1. The lowest BCUT2D eigenvalue weighted by Gasteiger charge is -2.25. The van der Waals surface area contributed by atoms with Crippen LogP contribution in [0.5, 0.6) is 0 Å². The van der Waals surface area contributed by atoms with Crippen LogP contribution in [-0.2, 0) is 23.8 Å². The van der Waals surface area contributed by atoms with Crippen molar-refractivity contribution in [3.8, 4) is 0 Å². The van der Waals surface area contributed by atoms with Crippen LogP contribution in [0, 0.1) is 0 Å². The summed E-state index contributed by atoms with van der Waals surface area (Å²) in [5.74, 6) is -0.301. The van der Waals surface area contributed by atoms with Gasteiger partial charge in [-0.3, -0.25) is 14.5 Å². The van der Waals surface area contributed by atoms with Gasteiger partial charge >= 0.3 is 5.97 Å². The molecule has 122 valence electrons. The molecule has 1 heterocycles. The van der Waals surface area contributed by atoms with Gasteiger partial charge < -0.3 is 19.5 Å². The summed E-state index contributed by atoms with van der Waals surface area (Å²) in [6.07, 6.45) is 1.97. The van der Waals surface area contributed by atoms with Crippen LogP contribution in [0.25, 0.3) is 0 Å². The lowest BCUT2D eigenvalue weighted by molar-refractivity contribution is -0.141. The zero-order valence-electron chi connectivity index (χ0n) is 12.9. The van der Waals surface area contributed by atoms with E-state index in [-0.39, 0.29) is 30.9 Å². The number of carbonyl (C=O) groups excluding carboxylic acids is 2. The van der Waals surface area contributed by atoms with E-state index in [1.165, 1.54) is 7.11 Å². The second-order valence-electron chi connectivity index (χ2n) is 5.05. The summed E-state index contributed by atoms with van der Waals surface area (Å²) in [6, 6.07) is 0.191. The van der Waals surface area contributed by atoms with E-state index in [1.807, 2.05) is 4.90 Å². The van der Waals surface area contributed by atoms with Crippen LogP contribution in [0.3, 0.4) is 0 Å². The molecule has 1 aliphatic heterocycles. The highest BCUT2D eigenvalue weighted by molar-refractivity contribution is 5.78. The van der Waals surface area contributed by atoms with Crippen LogP contribution in [-0.4, -0.2) is 76.5 Å². The fraction of sp³-hybridized carbons (Fsp3) is 0.857. The van der Waals surface area contributed by atoms with Crippen molar-refractivity contribution in [3.63, 3.8) is 0 Å². The minimum absolute atomic E-state index is 0.0251. The van der Waals surface area contributed by atoms with Gasteiger partial charge in [0.05, 0.1) is 26.7 Å². The van der Waals surface area contributed by atoms with E-state index in [4.69, 9.17) is 9.47 Å². The summed E-state index contributed by atoms with van der Waals surface area (Å²) in [5.41, 5.74) is 0. The van der Waals surface area contributed by atoms with Crippen molar-refractivity contribution in [1.82, 2.24) is 10.2 Å². The first-order valence-electron chi connectivity index (χ1n) is 7.31. The molecule has 0 atom stereocenters. The molecule has 1 aliphatic rings. The summed E-state index contributed by atoms with van der Waals surface area (Å²) < 4.78 is 14.9. The monoisotopic (exact) mass is 302 g/mol. The summed E-state index contributed by atoms with van der Waals surface area (Å²) in [4.78, 5) is 25.1. The fourth-order valence-corrected chi connectivity index (χ4v) is 2.16. The van der Waals surface area contributed by atoms with Gasteiger partial charge in [0.25, 0.3) is 0 Å². The Hall–Kier alpha value is -1.18. The molecule has 7 nitrogen and oxygen atoms in total. The molecule has 0 unspecified atom stereocenters. The van der Waals surface area contributed by atoms with E-state index in [2.05, 4.69) is 10.1 Å². The molecular weight excluding hydrogens is 276 g/mol. The summed E-state index contributed by atoms with van der Waals surface area (Å²) >= 11 is 0. The highest BCUT2D eigenvalue weighted by atomic mass is 16.5. The number of nitrogens with zero attached hydrogens (tertiary/aromatic N) is 1. The van der Waals surface area contributed by atoms with Crippen molar-refractivity contribution < 1.29 is 23.8 Å². The smallest absolute Gasteiger partial charge is 0.306 e. The fourth-order valence-electron chi connectivity index (χ4n) is 2.16. The van der Waals surface area contributed by atoms with Gasteiger partial charge in [0.1, 0.15) is 0 Å². The Labute approximate surface area is 125 Å². The predicted octanol–water partition coefficient (Wildman–Crippen LogP) is -0.207. The lowest BCUT2D eigenvalue weighted by atomic mass is 10.1. The molecule has 0 aromatic rings. The largest absolute Gasteiger partial charge is 0.469 e. The maximum absolute atomic E-state index is 12.0. The van der Waals surface area contributed by atoms with E-state index in [1.54, 1.807) is 7.11 Å². The Bertz CT molecular complexity index is 318. The van der Waals surface area contributed by atoms with Crippen molar-refractivity contribution in [2.75, 3.05) is 53.7 Å². The standard InChI is InChI=1S/C14H26N2O5/c1-19-10-7-16(6-3-14(18)20-2)11-13(17)15-12-4-8-21-9-5-12/h12H,3-11H2,1-2H3,(H,15,17). The van der Waals surface area contributed by atoms with Crippen molar-refractivity contribution in [1.29, 1.82) is 0 Å². The van der Waals surface area contributed by atoms with Crippen molar-refractivity contribution in [2.45, 2.75) is 25.3 Å². The Kier molecular flexibility index (Phi) is 8.96. The van der Waals surface area contributed by atoms with Crippen LogP contribution < -0.4 is 5.32 Å². The van der Waals surface area contributed by atoms with Crippen LogP contribution in [0.15, 0.2) is 0 Å². The molecule has 0 aromatic carbocycles. The predicted molar refractivity (Wildman–Crippen MR) is 76.9 cm³/mol. The molecule has 1 amide bonds. The van der Waals surface area contributed by atoms with Crippen molar-refractivity contribution >= 4 is 11.9 Å². The molecule has 1 fully saturated rings. The van der Waals surface area contributed by atoms with E-state index >= 15 is 0 Å². The topological polar surface area (TPSA) is 77.1 Å². The Morgan fingerprint density at radius 1 is 1.24 bits per heavy atom. The van der Waals surface area contributed by atoms with Crippen LogP contribution in [0.1, 0.15) is 19.3 Å². The maximum atomic E-state index is 12.0. The Balaban J connectivity index is 2.34. The maximum Gasteiger partial charge on any atom is 0.306 e. The number of hydrogen-bond donors (Lipinski definition) is 1. The first-order chi connectivity index (χ1) is 10.2. The van der Waals surface area contributed by atoms with Gasteiger partial charge in [0.15, 0.2) is 0 Å². The molecule has 1 saturated heterocycles. The molecule has 1 N–H and O–H groups in total. The van der Waals surface area contributed by atoms with E-state index in [9.17, 15) is 9.59 Å². The highest BCUT2D eigenvalue weighted by Crippen LogP contribution is 2.06. The number of amides is 1. The van der Waals surface area contributed by atoms with Gasteiger partial charge in [0.2, 0.25) is 5.91 Å². The third kappa shape index (κ3) is 7.99. The molecule has 7 heteroatoms. The van der Waals surface area contributed by atoms with Gasteiger partial charge in [-0.05, 0) is 12.8 Å². The number of carbonyl (C=O) groups is 2. The molecule has 0 bridgehead atoms. The minimum Gasteiger partial charge on any atom is -0.469 e. The molecule has 0 saturated carbocycles. The van der Waals surface area contributed by atoms with Gasteiger partial charge in [-0.1, -0.05) is 0 Å². The first-order valence-corrected chi connectivity index (χ1v) is 7.31. The SMILES string of the molecule is COCCN(CCC(=O)OC)CC(=O)NC1CCOCC1. The summed E-state index contributed by atoms with van der Waals surface area (Å²) in [7, 11) is 2.97. The molecule has 0 radical (unpaired) electrons. The molecular formula is C14H26N2O5. The van der Waals surface area contributed by atoms with Crippen molar-refractivity contribution in [3.05, 3.63) is 0 Å². The third-order valence-corrected chi connectivity index (χ3v) is 3.43. The highest BCUT2D eigenvalue weighted by Gasteiger charge is 2.18. The van der Waals surface area contributed by atoms with Crippen LogP contribution >= 0.6 is 0 Å². The Morgan fingerprint density at radius 3 is 2.57 bits per heavy atom. The van der Waals surface area contributed by atoms with Gasteiger partial charge in [-0.25, -0.2) is 0 Å². The third-order valence-electron chi connectivity index (χ3n) is 3.43. The number of rotatable bonds is 9. The van der Waals surface area contributed by atoms with E-state index in [0.717, 1.165) is 12.8 Å². The molecule has 0 aliphatic carbocycles. The zero-order valence-corrected chi connectivity index (χ0v) is 12.9.